The third-order valence-corrected chi connectivity index (χ3v) is 1.49. The van der Waals surface area contributed by atoms with E-state index in [1.165, 1.54) is 0 Å². The maximum Gasteiger partial charge on any atom is 0.170 e. The van der Waals surface area contributed by atoms with Crippen LogP contribution >= 0.6 is 11.6 Å². The van der Waals surface area contributed by atoms with Gasteiger partial charge in [0.2, 0.25) is 0 Å². The van der Waals surface area contributed by atoms with E-state index in [-0.39, 0.29) is 0 Å². The second kappa shape index (κ2) is 3.85. The van der Waals surface area contributed by atoms with Gasteiger partial charge in [0.1, 0.15) is 0 Å². The molecule has 3 nitrogen and oxygen atoms in total. The molecule has 0 atom stereocenters. The summed E-state index contributed by atoms with van der Waals surface area (Å²) in [5.74, 6) is 0. The fourth-order valence-electron chi connectivity index (χ4n) is 0.688. The Labute approximate surface area is 82.1 Å². The number of hydrogen-bond donors (Lipinski definition) is 1. The van der Waals surface area contributed by atoms with E-state index in [4.69, 9.17) is 11.6 Å². The molecule has 4 heteroatoms. The molecule has 0 fully saturated rings. The molecule has 0 aliphatic rings. The maximum atomic E-state index is 9.25. The van der Waals surface area contributed by atoms with Gasteiger partial charge in [0.25, 0.3) is 0 Å². The van der Waals surface area contributed by atoms with Crippen LogP contribution in [0.4, 0.5) is 5.69 Å². The van der Waals surface area contributed by atoms with Crippen molar-refractivity contribution >= 4 is 17.3 Å². The highest BCUT2D eigenvalue weighted by atomic mass is 35.5. The summed E-state index contributed by atoms with van der Waals surface area (Å²) in [6, 6.07) is 6.91. The lowest BCUT2D eigenvalue weighted by atomic mass is 10.3. The molecule has 0 unspecified atom stereocenters. The topological polar surface area (TPSA) is 45.0 Å². The lowest BCUT2D eigenvalue weighted by molar-refractivity contribution is 0.0831. The van der Waals surface area contributed by atoms with Crippen molar-refractivity contribution < 1.29 is 5.11 Å². The van der Waals surface area contributed by atoms with Crippen LogP contribution in [-0.4, -0.2) is 10.8 Å². The lowest BCUT2D eigenvalue weighted by Gasteiger charge is -2.07. The monoisotopic (exact) mass is 198 g/mol. The van der Waals surface area contributed by atoms with Gasteiger partial charge in [-0.3, -0.25) is 0 Å². The predicted molar refractivity (Wildman–Crippen MR) is 52.3 cm³/mol. The van der Waals surface area contributed by atoms with Crippen LogP contribution in [0.25, 0.3) is 0 Å². The van der Waals surface area contributed by atoms with Gasteiger partial charge in [-0.05, 0) is 38.1 Å². The summed E-state index contributed by atoms with van der Waals surface area (Å²) in [6.07, 6.45) is 0. The van der Waals surface area contributed by atoms with Crippen LogP contribution in [0.1, 0.15) is 13.8 Å². The van der Waals surface area contributed by atoms with E-state index in [0.29, 0.717) is 10.7 Å². The Kier molecular flexibility index (Phi) is 3.01. The predicted octanol–water partition coefficient (Wildman–Crippen LogP) is 3.15. The molecule has 0 bridgehead atoms. The van der Waals surface area contributed by atoms with Crippen LogP contribution in [0, 0.1) is 0 Å². The second-order valence-corrected chi connectivity index (χ2v) is 3.61. The number of halogens is 1. The first-order valence-corrected chi connectivity index (χ1v) is 4.26. The lowest BCUT2D eigenvalue weighted by Crippen LogP contribution is -2.12. The standard InChI is InChI=1S/C9H11ClN2O/c1-9(2,13)12-11-8-5-3-7(10)4-6-8/h3-6,13H,1-2H3. The molecule has 1 aromatic rings. The van der Waals surface area contributed by atoms with Crippen molar-refractivity contribution in [3.05, 3.63) is 29.3 Å². The van der Waals surface area contributed by atoms with Gasteiger partial charge in [0.15, 0.2) is 5.72 Å². The molecule has 13 heavy (non-hydrogen) atoms. The van der Waals surface area contributed by atoms with E-state index in [1.54, 1.807) is 38.1 Å². The van der Waals surface area contributed by atoms with E-state index < -0.39 is 5.72 Å². The molecule has 0 spiro atoms. The van der Waals surface area contributed by atoms with Gasteiger partial charge >= 0.3 is 0 Å². The maximum absolute atomic E-state index is 9.25. The minimum Gasteiger partial charge on any atom is -0.368 e. The highest BCUT2D eigenvalue weighted by Gasteiger charge is 2.08. The first-order chi connectivity index (χ1) is 5.97. The Balaban J connectivity index is 2.75. The first-order valence-electron chi connectivity index (χ1n) is 3.88. The van der Waals surface area contributed by atoms with Crippen molar-refractivity contribution in [2.45, 2.75) is 19.6 Å². The number of benzene rings is 1. The van der Waals surface area contributed by atoms with Gasteiger partial charge in [-0.15, -0.1) is 0 Å². The van der Waals surface area contributed by atoms with Crippen molar-refractivity contribution in [1.82, 2.24) is 0 Å². The molecule has 0 radical (unpaired) electrons. The molecule has 0 amide bonds. The van der Waals surface area contributed by atoms with Crippen molar-refractivity contribution in [3.63, 3.8) is 0 Å². The van der Waals surface area contributed by atoms with Crippen molar-refractivity contribution in [2.75, 3.05) is 0 Å². The number of aliphatic hydroxyl groups is 1. The fourth-order valence-corrected chi connectivity index (χ4v) is 0.814. The van der Waals surface area contributed by atoms with Gasteiger partial charge in [-0.1, -0.05) is 11.6 Å². The molecule has 0 saturated heterocycles. The Morgan fingerprint density at radius 2 is 1.77 bits per heavy atom. The van der Waals surface area contributed by atoms with Crippen molar-refractivity contribution in [1.29, 1.82) is 0 Å². The van der Waals surface area contributed by atoms with Crippen LogP contribution < -0.4 is 0 Å². The smallest absolute Gasteiger partial charge is 0.170 e. The Morgan fingerprint density at radius 3 is 2.23 bits per heavy atom. The summed E-state index contributed by atoms with van der Waals surface area (Å²) < 4.78 is 0. The largest absolute Gasteiger partial charge is 0.368 e. The van der Waals surface area contributed by atoms with Crippen molar-refractivity contribution in [3.8, 4) is 0 Å². The summed E-state index contributed by atoms with van der Waals surface area (Å²) in [4.78, 5) is 0. The molecule has 70 valence electrons. The second-order valence-electron chi connectivity index (χ2n) is 3.17. The highest BCUT2D eigenvalue weighted by Crippen LogP contribution is 2.18. The number of azo groups is 1. The third kappa shape index (κ3) is 4.01. The molecule has 1 rings (SSSR count). The molecule has 0 aliphatic heterocycles. The average molecular weight is 199 g/mol. The molecule has 0 aliphatic carbocycles. The van der Waals surface area contributed by atoms with Crippen LogP contribution in [-0.2, 0) is 0 Å². The normalized spacial score (nSPS) is 12.3. The zero-order chi connectivity index (χ0) is 9.90. The van der Waals surface area contributed by atoms with E-state index >= 15 is 0 Å². The minimum atomic E-state index is -1.13. The van der Waals surface area contributed by atoms with Gasteiger partial charge in [-0.25, -0.2) is 0 Å². The molecular weight excluding hydrogens is 188 g/mol. The van der Waals surface area contributed by atoms with Gasteiger partial charge in [0.05, 0.1) is 5.69 Å². The summed E-state index contributed by atoms with van der Waals surface area (Å²) in [5, 5.41) is 17.4. The van der Waals surface area contributed by atoms with Crippen molar-refractivity contribution in [2.24, 2.45) is 10.2 Å². The fraction of sp³-hybridized carbons (Fsp3) is 0.333. The first kappa shape index (κ1) is 10.2. The Hall–Kier alpha value is -0.930. The number of nitrogens with zero attached hydrogens (tertiary/aromatic N) is 2. The van der Waals surface area contributed by atoms with Gasteiger partial charge in [0, 0.05) is 5.02 Å². The van der Waals surface area contributed by atoms with Gasteiger partial charge in [-0.2, -0.15) is 10.2 Å². The zero-order valence-corrected chi connectivity index (χ0v) is 8.28. The van der Waals surface area contributed by atoms with Crippen LogP contribution in [0.2, 0.25) is 5.02 Å². The van der Waals surface area contributed by atoms with Crippen LogP contribution in [0.5, 0.6) is 0 Å². The van der Waals surface area contributed by atoms with Crippen LogP contribution in [0.3, 0.4) is 0 Å². The average Bonchev–Trinajstić information content (AvgIpc) is 2.02. The number of rotatable bonds is 2. The SMILES string of the molecule is CC(C)(O)N=Nc1ccc(Cl)cc1. The number of hydrogen-bond acceptors (Lipinski definition) is 3. The molecule has 1 aromatic carbocycles. The molecule has 1 N–H and O–H groups in total. The summed E-state index contributed by atoms with van der Waals surface area (Å²) in [5.41, 5.74) is -0.453. The molecule has 0 saturated carbocycles. The Bertz CT molecular complexity index is 300. The molecular formula is C9H11ClN2O. The van der Waals surface area contributed by atoms with E-state index in [1.807, 2.05) is 0 Å². The zero-order valence-electron chi connectivity index (χ0n) is 7.53. The summed E-state index contributed by atoms with van der Waals surface area (Å²) in [6.45, 7) is 3.12. The molecule has 0 heterocycles. The highest BCUT2D eigenvalue weighted by molar-refractivity contribution is 6.30. The van der Waals surface area contributed by atoms with Gasteiger partial charge < -0.3 is 5.11 Å². The van der Waals surface area contributed by atoms with E-state index in [0.717, 1.165) is 0 Å². The minimum absolute atomic E-state index is 0.655. The quantitative estimate of drug-likeness (QED) is 0.729. The van der Waals surface area contributed by atoms with Crippen LogP contribution in [0.15, 0.2) is 34.5 Å². The molecule has 0 aromatic heterocycles. The summed E-state index contributed by atoms with van der Waals surface area (Å²) >= 11 is 5.68. The third-order valence-electron chi connectivity index (χ3n) is 1.24. The van der Waals surface area contributed by atoms with E-state index in [9.17, 15) is 5.11 Å². The summed E-state index contributed by atoms with van der Waals surface area (Å²) in [7, 11) is 0. The Morgan fingerprint density at radius 1 is 1.23 bits per heavy atom. The van der Waals surface area contributed by atoms with E-state index in [2.05, 4.69) is 10.2 Å².